The Balaban J connectivity index is 1.89. The van der Waals surface area contributed by atoms with Crippen LogP contribution in [-0.4, -0.2) is 12.6 Å². The second-order valence-corrected chi connectivity index (χ2v) is 5.68. The topological polar surface area (TPSA) is 26.3 Å². The predicted octanol–water partition coefficient (Wildman–Crippen LogP) is 4.86. The van der Waals surface area contributed by atoms with Crippen LogP contribution in [0.4, 0.5) is 0 Å². The van der Waals surface area contributed by atoms with Crippen molar-refractivity contribution in [1.82, 2.24) is 0 Å². The van der Waals surface area contributed by atoms with E-state index in [0.29, 0.717) is 13.0 Å². The first-order valence-electron chi connectivity index (χ1n) is 7.98. The molecule has 0 N–H and O–H groups in total. The third-order valence-electron chi connectivity index (χ3n) is 3.98. The number of unbranched alkanes of at least 4 members (excludes halogenated alkanes) is 3. The monoisotopic (exact) mass is 254 g/mol. The predicted molar refractivity (Wildman–Crippen MR) is 75.5 cm³/mol. The molecule has 106 valence electrons. The molecule has 1 aliphatic carbocycles. The van der Waals surface area contributed by atoms with Gasteiger partial charge in [-0.2, -0.15) is 0 Å². The molecule has 0 spiro atoms. The number of carbonyl (C=O) groups is 1. The first kappa shape index (κ1) is 15.5. The molecule has 0 atom stereocenters. The molecule has 0 aliphatic heterocycles. The van der Waals surface area contributed by atoms with Crippen molar-refractivity contribution in [3.63, 3.8) is 0 Å². The molecule has 1 aliphatic rings. The van der Waals surface area contributed by atoms with E-state index in [-0.39, 0.29) is 5.97 Å². The van der Waals surface area contributed by atoms with Gasteiger partial charge >= 0.3 is 5.97 Å². The average molecular weight is 254 g/mol. The van der Waals surface area contributed by atoms with Gasteiger partial charge in [-0.25, -0.2) is 0 Å². The van der Waals surface area contributed by atoms with Gasteiger partial charge in [0.05, 0.1) is 6.61 Å². The van der Waals surface area contributed by atoms with E-state index in [9.17, 15) is 4.79 Å². The molecule has 0 unspecified atom stereocenters. The van der Waals surface area contributed by atoms with Crippen LogP contribution in [0.3, 0.4) is 0 Å². The largest absolute Gasteiger partial charge is 0.466 e. The van der Waals surface area contributed by atoms with E-state index in [1.165, 1.54) is 57.8 Å². The lowest BCUT2D eigenvalue weighted by atomic mass is 9.86. The molecular formula is C16H30O2. The number of carbonyl (C=O) groups excluding carboxylic acids is 1. The molecule has 1 fully saturated rings. The number of ether oxygens (including phenoxy) is 1. The minimum absolute atomic E-state index is 0.0160. The molecule has 0 radical (unpaired) electrons. The highest BCUT2D eigenvalue weighted by Crippen LogP contribution is 2.27. The molecule has 0 amide bonds. The van der Waals surface area contributed by atoms with Crippen molar-refractivity contribution in [2.24, 2.45) is 5.92 Å². The number of rotatable bonds is 9. The van der Waals surface area contributed by atoms with Crippen LogP contribution < -0.4 is 0 Å². The highest BCUT2D eigenvalue weighted by molar-refractivity contribution is 5.69. The normalized spacial score (nSPS) is 16.7. The highest BCUT2D eigenvalue weighted by atomic mass is 16.5. The summed E-state index contributed by atoms with van der Waals surface area (Å²) >= 11 is 0. The summed E-state index contributed by atoms with van der Waals surface area (Å²) < 4.78 is 5.24. The second kappa shape index (κ2) is 10.4. The maximum atomic E-state index is 11.5. The molecular weight excluding hydrogens is 224 g/mol. The molecule has 18 heavy (non-hydrogen) atoms. The van der Waals surface area contributed by atoms with Crippen molar-refractivity contribution in [1.29, 1.82) is 0 Å². The second-order valence-electron chi connectivity index (χ2n) is 5.68. The van der Waals surface area contributed by atoms with Gasteiger partial charge in [0.1, 0.15) is 0 Å². The molecule has 0 bridgehead atoms. The Morgan fingerprint density at radius 3 is 2.56 bits per heavy atom. The maximum absolute atomic E-state index is 11.5. The van der Waals surface area contributed by atoms with E-state index in [0.717, 1.165) is 18.8 Å². The first-order valence-corrected chi connectivity index (χ1v) is 7.98. The summed E-state index contributed by atoms with van der Waals surface area (Å²) in [4.78, 5) is 11.5. The van der Waals surface area contributed by atoms with Crippen molar-refractivity contribution >= 4 is 5.97 Å². The van der Waals surface area contributed by atoms with E-state index >= 15 is 0 Å². The molecule has 2 nitrogen and oxygen atoms in total. The lowest BCUT2D eigenvalue weighted by Crippen LogP contribution is -2.09. The molecule has 0 aromatic rings. The molecule has 0 aromatic carbocycles. The summed E-state index contributed by atoms with van der Waals surface area (Å²) in [5, 5.41) is 0. The van der Waals surface area contributed by atoms with E-state index in [1.54, 1.807) is 0 Å². The van der Waals surface area contributed by atoms with Crippen LogP contribution in [0.5, 0.6) is 0 Å². The van der Waals surface area contributed by atoms with Crippen molar-refractivity contribution in [3.8, 4) is 0 Å². The summed E-state index contributed by atoms with van der Waals surface area (Å²) in [7, 11) is 0. The van der Waals surface area contributed by atoms with Gasteiger partial charge in [0, 0.05) is 6.42 Å². The Morgan fingerprint density at radius 2 is 1.83 bits per heavy atom. The molecule has 0 heterocycles. The van der Waals surface area contributed by atoms with Gasteiger partial charge in [-0.05, 0) is 25.2 Å². The van der Waals surface area contributed by atoms with E-state index in [4.69, 9.17) is 4.74 Å². The molecule has 0 aromatic heterocycles. The zero-order valence-corrected chi connectivity index (χ0v) is 12.1. The van der Waals surface area contributed by atoms with Gasteiger partial charge in [-0.15, -0.1) is 0 Å². The Kier molecular flexibility index (Phi) is 8.97. The van der Waals surface area contributed by atoms with Crippen molar-refractivity contribution in [2.45, 2.75) is 84.0 Å². The van der Waals surface area contributed by atoms with Crippen LogP contribution in [0.2, 0.25) is 0 Å². The minimum atomic E-state index is 0.0160. The third kappa shape index (κ3) is 7.73. The van der Waals surface area contributed by atoms with Gasteiger partial charge in [-0.1, -0.05) is 58.3 Å². The molecule has 0 saturated heterocycles. The fourth-order valence-electron chi connectivity index (χ4n) is 2.80. The van der Waals surface area contributed by atoms with Gasteiger partial charge in [0.2, 0.25) is 0 Å². The smallest absolute Gasteiger partial charge is 0.305 e. The Bertz CT molecular complexity index is 207. The fourth-order valence-corrected chi connectivity index (χ4v) is 2.80. The lowest BCUT2D eigenvalue weighted by Gasteiger charge is -2.20. The summed E-state index contributed by atoms with van der Waals surface area (Å²) in [5.74, 6) is 0.901. The minimum Gasteiger partial charge on any atom is -0.466 e. The standard InChI is InChI=1S/C16H30O2/c1-2-3-4-8-14-18-16(17)13-9-12-15-10-6-5-7-11-15/h15H,2-14H2,1H3. The summed E-state index contributed by atoms with van der Waals surface area (Å²) in [6.45, 7) is 2.82. The molecule has 2 heteroatoms. The summed E-state index contributed by atoms with van der Waals surface area (Å²) in [6.07, 6.45) is 14.5. The quantitative estimate of drug-likeness (QED) is 0.434. The Hall–Kier alpha value is -0.530. The average Bonchev–Trinajstić information content (AvgIpc) is 2.40. The van der Waals surface area contributed by atoms with E-state index in [2.05, 4.69) is 6.92 Å². The summed E-state index contributed by atoms with van der Waals surface area (Å²) in [6, 6.07) is 0. The van der Waals surface area contributed by atoms with Gasteiger partial charge in [0.15, 0.2) is 0 Å². The van der Waals surface area contributed by atoms with Gasteiger partial charge in [0.25, 0.3) is 0 Å². The Morgan fingerprint density at radius 1 is 1.06 bits per heavy atom. The van der Waals surface area contributed by atoms with Gasteiger partial charge in [-0.3, -0.25) is 4.79 Å². The van der Waals surface area contributed by atoms with E-state index in [1.807, 2.05) is 0 Å². The van der Waals surface area contributed by atoms with E-state index < -0.39 is 0 Å². The third-order valence-corrected chi connectivity index (χ3v) is 3.98. The van der Waals surface area contributed by atoms with Gasteiger partial charge < -0.3 is 4.74 Å². The molecule has 1 saturated carbocycles. The van der Waals surface area contributed by atoms with Crippen molar-refractivity contribution < 1.29 is 9.53 Å². The SMILES string of the molecule is CCCCCCOC(=O)CCCC1CCCCC1. The first-order chi connectivity index (χ1) is 8.83. The van der Waals surface area contributed by atoms with Crippen LogP contribution in [-0.2, 0) is 9.53 Å². The van der Waals surface area contributed by atoms with Crippen LogP contribution >= 0.6 is 0 Å². The zero-order chi connectivity index (χ0) is 13.1. The summed E-state index contributed by atoms with van der Waals surface area (Å²) in [5.41, 5.74) is 0. The van der Waals surface area contributed by atoms with Crippen molar-refractivity contribution in [2.75, 3.05) is 6.61 Å². The van der Waals surface area contributed by atoms with Crippen LogP contribution in [0.1, 0.15) is 84.0 Å². The fraction of sp³-hybridized carbons (Fsp3) is 0.938. The molecule has 1 rings (SSSR count). The van der Waals surface area contributed by atoms with Crippen LogP contribution in [0.15, 0.2) is 0 Å². The number of hydrogen-bond acceptors (Lipinski definition) is 2. The highest BCUT2D eigenvalue weighted by Gasteiger charge is 2.13. The van der Waals surface area contributed by atoms with Crippen molar-refractivity contribution in [3.05, 3.63) is 0 Å². The maximum Gasteiger partial charge on any atom is 0.305 e. The lowest BCUT2D eigenvalue weighted by molar-refractivity contribution is -0.143. The zero-order valence-electron chi connectivity index (χ0n) is 12.1. The van der Waals surface area contributed by atoms with Crippen LogP contribution in [0.25, 0.3) is 0 Å². The number of esters is 1. The van der Waals surface area contributed by atoms with Crippen LogP contribution in [0, 0.1) is 5.92 Å². The number of hydrogen-bond donors (Lipinski definition) is 0. The Labute approximate surface area is 112 Å².